The van der Waals surface area contributed by atoms with Gasteiger partial charge in [-0.2, -0.15) is 0 Å². The van der Waals surface area contributed by atoms with E-state index < -0.39 is 0 Å². The molecule has 1 fully saturated rings. The highest BCUT2D eigenvalue weighted by atomic mass is 16.5. The largest absolute Gasteiger partial charge is 0.361 e. The molecule has 0 aliphatic carbocycles. The maximum atomic E-state index is 5.82. The fourth-order valence-electron chi connectivity index (χ4n) is 2.61. The van der Waals surface area contributed by atoms with Gasteiger partial charge in [0.25, 0.3) is 0 Å². The molecule has 1 N–H and O–H groups in total. The zero-order valence-electron chi connectivity index (χ0n) is 10.9. The first kappa shape index (κ1) is 11.7. The van der Waals surface area contributed by atoms with Gasteiger partial charge in [-0.1, -0.05) is 56.3 Å². The Morgan fingerprint density at radius 3 is 2.67 bits per heavy atom. The van der Waals surface area contributed by atoms with Crippen LogP contribution in [0.5, 0.6) is 0 Å². The first-order chi connectivity index (χ1) is 8.75. The molecule has 0 radical (unpaired) electrons. The Hall–Kier alpha value is -1.38. The molecule has 0 bridgehead atoms. The van der Waals surface area contributed by atoms with E-state index in [-0.39, 0.29) is 6.23 Å². The Morgan fingerprint density at radius 1 is 1.11 bits per heavy atom. The monoisotopic (exact) mass is 241 g/mol. The van der Waals surface area contributed by atoms with E-state index in [0.717, 1.165) is 6.61 Å². The van der Waals surface area contributed by atoms with E-state index in [1.807, 2.05) is 0 Å². The standard InChI is InChI=1S/C16H19NO/c1-11(2)16-17-15(10-18-16)14-9-5-7-12-6-3-4-8-13(12)14/h3-9,11,15-17H,10H2,1-2H3. The van der Waals surface area contributed by atoms with Crippen LogP contribution in [0.15, 0.2) is 42.5 Å². The number of hydrogen-bond donors (Lipinski definition) is 1. The molecule has 1 heterocycles. The Morgan fingerprint density at radius 2 is 1.89 bits per heavy atom. The van der Waals surface area contributed by atoms with Gasteiger partial charge in [-0.25, -0.2) is 0 Å². The van der Waals surface area contributed by atoms with Gasteiger partial charge in [0.15, 0.2) is 0 Å². The third-order valence-corrected chi connectivity index (χ3v) is 3.61. The van der Waals surface area contributed by atoms with Crippen molar-refractivity contribution in [2.24, 2.45) is 5.92 Å². The molecule has 2 aromatic carbocycles. The molecule has 0 amide bonds. The average Bonchev–Trinajstić information content (AvgIpc) is 2.87. The predicted molar refractivity (Wildman–Crippen MR) is 74.4 cm³/mol. The number of ether oxygens (including phenoxy) is 1. The molecule has 18 heavy (non-hydrogen) atoms. The molecule has 1 aliphatic rings. The summed E-state index contributed by atoms with van der Waals surface area (Å²) in [5, 5.41) is 6.20. The molecule has 3 rings (SSSR count). The van der Waals surface area contributed by atoms with E-state index in [1.54, 1.807) is 0 Å². The van der Waals surface area contributed by atoms with Crippen LogP contribution in [-0.2, 0) is 4.74 Å². The number of benzene rings is 2. The molecule has 1 saturated heterocycles. The SMILES string of the molecule is CC(C)C1NC(c2cccc3ccccc23)CO1. The first-order valence-electron chi connectivity index (χ1n) is 6.61. The van der Waals surface area contributed by atoms with Crippen LogP contribution < -0.4 is 5.32 Å². The molecule has 0 spiro atoms. The van der Waals surface area contributed by atoms with Crippen molar-refractivity contribution >= 4 is 10.8 Å². The van der Waals surface area contributed by atoms with Crippen molar-refractivity contribution in [1.82, 2.24) is 5.32 Å². The van der Waals surface area contributed by atoms with Crippen LogP contribution in [0.3, 0.4) is 0 Å². The van der Waals surface area contributed by atoms with Gasteiger partial charge >= 0.3 is 0 Å². The molecule has 94 valence electrons. The van der Waals surface area contributed by atoms with Gasteiger partial charge in [0.1, 0.15) is 6.23 Å². The second-order valence-corrected chi connectivity index (χ2v) is 5.29. The van der Waals surface area contributed by atoms with Gasteiger partial charge in [-0.15, -0.1) is 0 Å². The van der Waals surface area contributed by atoms with Crippen LogP contribution >= 0.6 is 0 Å². The quantitative estimate of drug-likeness (QED) is 0.869. The van der Waals surface area contributed by atoms with Crippen molar-refractivity contribution in [1.29, 1.82) is 0 Å². The Labute approximate surface area is 108 Å². The minimum Gasteiger partial charge on any atom is -0.361 e. The van der Waals surface area contributed by atoms with Crippen LogP contribution in [-0.4, -0.2) is 12.8 Å². The molecule has 2 unspecified atom stereocenters. The average molecular weight is 241 g/mol. The second-order valence-electron chi connectivity index (χ2n) is 5.29. The summed E-state index contributed by atoms with van der Waals surface area (Å²) in [5.74, 6) is 0.505. The third kappa shape index (κ3) is 2.02. The summed E-state index contributed by atoms with van der Waals surface area (Å²) in [6, 6.07) is 15.3. The van der Waals surface area contributed by atoms with Crippen LogP contribution in [0.1, 0.15) is 25.5 Å². The van der Waals surface area contributed by atoms with Crippen molar-refractivity contribution in [3.63, 3.8) is 0 Å². The lowest BCUT2D eigenvalue weighted by molar-refractivity contribution is 0.0644. The van der Waals surface area contributed by atoms with Crippen LogP contribution in [0.2, 0.25) is 0 Å². The number of nitrogens with one attached hydrogen (secondary N) is 1. The van der Waals surface area contributed by atoms with Gasteiger partial charge in [0, 0.05) is 0 Å². The lowest BCUT2D eigenvalue weighted by Gasteiger charge is -2.16. The number of rotatable bonds is 2. The second kappa shape index (κ2) is 4.71. The topological polar surface area (TPSA) is 21.3 Å². The molecule has 0 saturated carbocycles. The molecule has 2 nitrogen and oxygen atoms in total. The molecule has 2 aromatic rings. The summed E-state index contributed by atoms with van der Waals surface area (Å²) in [5.41, 5.74) is 1.34. The molecule has 1 aliphatic heterocycles. The number of hydrogen-bond acceptors (Lipinski definition) is 2. The van der Waals surface area contributed by atoms with E-state index in [1.165, 1.54) is 16.3 Å². The van der Waals surface area contributed by atoms with Gasteiger partial charge in [-0.3, -0.25) is 5.32 Å². The van der Waals surface area contributed by atoms with Crippen molar-refractivity contribution < 1.29 is 4.74 Å². The number of fused-ring (bicyclic) bond motifs is 1. The molecule has 0 aromatic heterocycles. The van der Waals surface area contributed by atoms with E-state index >= 15 is 0 Å². The van der Waals surface area contributed by atoms with E-state index in [4.69, 9.17) is 4.74 Å². The normalized spacial score (nSPS) is 23.9. The van der Waals surface area contributed by atoms with Crippen molar-refractivity contribution in [3.05, 3.63) is 48.0 Å². The summed E-state index contributed by atoms with van der Waals surface area (Å²) in [4.78, 5) is 0. The van der Waals surface area contributed by atoms with Gasteiger partial charge < -0.3 is 4.74 Å². The lowest BCUT2D eigenvalue weighted by atomic mass is 9.99. The third-order valence-electron chi connectivity index (χ3n) is 3.61. The van der Waals surface area contributed by atoms with Crippen molar-refractivity contribution in [3.8, 4) is 0 Å². The Kier molecular flexibility index (Phi) is 3.06. The van der Waals surface area contributed by atoms with E-state index in [2.05, 4.69) is 61.6 Å². The first-order valence-corrected chi connectivity index (χ1v) is 6.61. The Bertz CT molecular complexity index is 544. The zero-order chi connectivity index (χ0) is 12.5. The van der Waals surface area contributed by atoms with E-state index in [9.17, 15) is 0 Å². The van der Waals surface area contributed by atoms with Crippen molar-refractivity contribution in [2.45, 2.75) is 26.1 Å². The van der Waals surface area contributed by atoms with Crippen LogP contribution in [0, 0.1) is 5.92 Å². The Balaban J connectivity index is 1.96. The maximum Gasteiger partial charge on any atom is 0.111 e. The highest BCUT2D eigenvalue weighted by Gasteiger charge is 2.28. The van der Waals surface area contributed by atoms with Crippen LogP contribution in [0.25, 0.3) is 10.8 Å². The highest BCUT2D eigenvalue weighted by molar-refractivity contribution is 5.86. The van der Waals surface area contributed by atoms with Crippen LogP contribution in [0.4, 0.5) is 0 Å². The minimum absolute atomic E-state index is 0.175. The summed E-state index contributed by atoms with van der Waals surface area (Å²) in [6.45, 7) is 5.13. The summed E-state index contributed by atoms with van der Waals surface area (Å²) in [6.07, 6.45) is 0.175. The van der Waals surface area contributed by atoms with Gasteiger partial charge in [0.2, 0.25) is 0 Å². The van der Waals surface area contributed by atoms with Gasteiger partial charge in [-0.05, 0) is 22.3 Å². The summed E-state index contributed by atoms with van der Waals surface area (Å²) >= 11 is 0. The summed E-state index contributed by atoms with van der Waals surface area (Å²) < 4.78 is 5.82. The minimum atomic E-state index is 0.175. The molecule has 2 atom stereocenters. The predicted octanol–water partition coefficient (Wildman–Crippen LogP) is 3.48. The van der Waals surface area contributed by atoms with E-state index in [0.29, 0.717) is 12.0 Å². The molecular weight excluding hydrogens is 222 g/mol. The zero-order valence-corrected chi connectivity index (χ0v) is 10.9. The lowest BCUT2D eigenvalue weighted by Crippen LogP contribution is -2.29. The highest BCUT2D eigenvalue weighted by Crippen LogP contribution is 2.28. The fourth-order valence-corrected chi connectivity index (χ4v) is 2.61. The maximum absolute atomic E-state index is 5.82. The molecule has 2 heteroatoms. The van der Waals surface area contributed by atoms with Gasteiger partial charge in [0.05, 0.1) is 12.6 Å². The smallest absolute Gasteiger partial charge is 0.111 e. The van der Waals surface area contributed by atoms with Crippen molar-refractivity contribution in [2.75, 3.05) is 6.61 Å². The molecular formula is C16H19NO. The summed E-state index contributed by atoms with van der Waals surface area (Å²) in [7, 11) is 0. The fraction of sp³-hybridized carbons (Fsp3) is 0.375.